The molecule has 6 heteroatoms. The van der Waals surface area contributed by atoms with E-state index in [0.717, 1.165) is 10.0 Å². The van der Waals surface area contributed by atoms with Gasteiger partial charge in [0.1, 0.15) is 0 Å². The Hall–Kier alpha value is -1.66. The number of carboxylic acid groups (broad SMARTS) is 1. The third kappa shape index (κ3) is 4.41. The molecule has 0 aliphatic heterocycles. The largest absolute Gasteiger partial charge is 0.481 e. The van der Waals surface area contributed by atoms with E-state index < -0.39 is 11.9 Å². The smallest absolute Gasteiger partial charge is 0.307 e. The van der Waals surface area contributed by atoms with Crippen LogP contribution in [0.25, 0.3) is 11.3 Å². The van der Waals surface area contributed by atoms with Crippen LogP contribution in [0.3, 0.4) is 0 Å². The van der Waals surface area contributed by atoms with Gasteiger partial charge in [-0.3, -0.25) is 9.69 Å². The standard InChI is InChI=1S/C15H17BrN2O3/c1-10(15(19)20)8-18(2)9-14-17-7-13(21-14)11-4-3-5-12(16)6-11/h3-7,10H,8-9H2,1-2H3,(H,19,20). The van der Waals surface area contributed by atoms with Crippen LogP contribution in [0.4, 0.5) is 0 Å². The van der Waals surface area contributed by atoms with Gasteiger partial charge in [-0.15, -0.1) is 0 Å². The van der Waals surface area contributed by atoms with E-state index in [1.165, 1.54) is 0 Å². The third-order valence-corrected chi connectivity index (χ3v) is 3.57. The Balaban J connectivity index is 2.02. The van der Waals surface area contributed by atoms with Gasteiger partial charge in [-0.1, -0.05) is 35.0 Å². The highest BCUT2D eigenvalue weighted by Gasteiger charge is 2.15. The van der Waals surface area contributed by atoms with E-state index >= 15 is 0 Å². The van der Waals surface area contributed by atoms with Crippen LogP contribution >= 0.6 is 15.9 Å². The van der Waals surface area contributed by atoms with Gasteiger partial charge >= 0.3 is 5.97 Å². The minimum atomic E-state index is -0.802. The van der Waals surface area contributed by atoms with E-state index in [0.29, 0.717) is 24.7 Å². The lowest BCUT2D eigenvalue weighted by Gasteiger charge is -2.16. The maximum atomic E-state index is 10.8. The van der Waals surface area contributed by atoms with Crippen LogP contribution in [0.2, 0.25) is 0 Å². The Morgan fingerprint density at radius 3 is 2.95 bits per heavy atom. The van der Waals surface area contributed by atoms with Crippen molar-refractivity contribution in [3.05, 3.63) is 40.8 Å². The number of carboxylic acids is 1. The number of hydrogen-bond donors (Lipinski definition) is 1. The molecule has 1 heterocycles. The average Bonchev–Trinajstić information content (AvgIpc) is 2.86. The Bertz CT molecular complexity index is 627. The van der Waals surface area contributed by atoms with Gasteiger partial charge in [-0.25, -0.2) is 4.98 Å². The van der Waals surface area contributed by atoms with Gasteiger partial charge < -0.3 is 9.52 Å². The number of aliphatic carboxylic acids is 1. The zero-order chi connectivity index (χ0) is 15.4. The average molecular weight is 353 g/mol. The molecule has 2 rings (SSSR count). The molecule has 0 spiro atoms. The van der Waals surface area contributed by atoms with E-state index in [9.17, 15) is 4.79 Å². The second-order valence-corrected chi connectivity index (χ2v) is 5.98. The summed E-state index contributed by atoms with van der Waals surface area (Å²) < 4.78 is 6.69. The van der Waals surface area contributed by atoms with Crippen molar-refractivity contribution in [2.75, 3.05) is 13.6 Å². The lowest BCUT2D eigenvalue weighted by atomic mass is 10.2. The summed E-state index contributed by atoms with van der Waals surface area (Å²) in [7, 11) is 1.85. The summed E-state index contributed by atoms with van der Waals surface area (Å²) in [6.45, 7) is 2.61. The highest BCUT2D eigenvalue weighted by atomic mass is 79.9. The van der Waals surface area contributed by atoms with Gasteiger partial charge in [0.05, 0.1) is 18.7 Å². The van der Waals surface area contributed by atoms with Gasteiger partial charge in [-0.05, 0) is 19.2 Å². The monoisotopic (exact) mass is 352 g/mol. The van der Waals surface area contributed by atoms with Gasteiger partial charge in [0.2, 0.25) is 5.89 Å². The minimum absolute atomic E-state index is 0.422. The van der Waals surface area contributed by atoms with Crippen molar-refractivity contribution in [3.63, 3.8) is 0 Å². The first kappa shape index (κ1) is 15.7. The quantitative estimate of drug-likeness (QED) is 0.864. The summed E-state index contributed by atoms with van der Waals surface area (Å²) in [6, 6.07) is 7.79. The van der Waals surface area contributed by atoms with Gasteiger partial charge in [0.15, 0.2) is 5.76 Å². The van der Waals surface area contributed by atoms with Crippen LogP contribution in [0.5, 0.6) is 0 Å². The summed E-state index contributed by atoms with van der Waals surface area (Å²) in [5.41, 5.74) is 0.949. The fourth-order valence-corrected chi connectivity index (χ4v) is 2.40. The summed E-state index contributed by atoms with van der Waals surface area (Å²) >= 11 is 3.42. The molecule has 21 heavy (non-hydrogen) atoms. The molecule has 112 valence electrons. The van der Waals surface area contributed by atoms with Crippen molar-refractivity contribution in [2.24, 2.45) is 5.92 Å². The van der Waals surface area contributed by atoms with Crippen LogP contribution in [0.1, 0.15) is 12.8 Å². The first-order valence-corrected chi connectivity index (χ1v) is 7.37. The highest BCUT2D eigenvalue weighted by molar-refractivity contribution is 9.10. The molecule has 0 aliphatic carbocycles. The van der Waals surface area contributed by atoms with Crippen molar-refractivity contribution in [2.45, 2.75) is 13.5 Å². The molecule has 0 radical (unpaired) electrons. The molecule has 0 aliphatic rings. The lowest BCUT2D eigenvalue weighted by Crippen LogP contribution is -2.28. The van der Waals surface area contributed by atoms with Crippen molar-refractivity contribution >= 4 is 21.9 Å². The Morgan fingerprint density at radius 2 is 2.29 bits per heavy atom. The molecular weight excluding hydrogens is 336 g/mol. The summed E-state index contributed by atoms with van der Waals surface area (Å²) in [5.74, 6) is 0.0506. The molecule has 1 unspecified atom stereocenters. The number of aromatic nitrogens is 1. The summed E-state index contributed by atoms with van der Waals surface area (Å²) in [4.78, 5) is 17.0. The van der Waals surface area contributed by atoms with Crippen LogP contribution in [0.15, 0.2) is 39.4 Å². The van der Waals surface area contributed by atoms with E-state index in [1.807, 2.05) is 36.2 Å². The molecular formula is C15H17BrN2O3. The fraction of sp³-hybridized carbons (Fsp3) is 0.333. The van der Waals surface area contributed by atoms with Crippen molar-refractivity contribution < 1.29 is 14.3 Å². The van der Waals surface area contributed by atoms with Gasteiger partial charge in [0.25, 0.3) is 0 Å². The Morgan fingerprint density at radius 1 is 1.52 bits per heavy atom. The normalized spacial score (nSPS) is 12.6. The molecule has 0 saturated carbocycles. The molecule has 2 aromatic rings. The molecule has 1 aromatic carbocycles. The fourth-order valence-electron chi connectivity index (χ4n) is 2.00. The van der Waals surface area contributed by atoms with Crippen LogP contribution in [-0.4, -0.2) is 34.6 Å². The molecule has 0 amide bonds. The Kier molecular flexibility index (Phi) is 5.14. The van der Waals surface area contributed by atoms with Crippen LogP contribution in [0, 0.1) is 5.92 Å². The van der Waals surface area contributed by atoms with Crippen molar-refractivity contribution in [1.29, 1.82) is 0 Å². The number of rotatable bonds is 6. The molecule has 0 saturated heterocycles. The molecule has 0 bridgehead atoms. The van der Waals surface area contributed by atoms with Crippen LogP contribution < -0.4 is 0 Å². The lowest BCUT2D eigenvalue weighted by molar-refractivity contribution is -0.141. The zero-order valence-electron chi connectivity index (χ0n) is 11.9. The SMILES string of the molecule is CC(CN(C)Cc1ncc(-c2cccc(Br)c2)o1)C(=O)O. The van der Waals surface area contributed by atoms with Gasteiger partial charge in [-0.2, -0.15) is 0 Å². The van der Waals surface area contributed by atoms with Crippen LogP contribution in [-0.2, 0) is 11.3 Å². The maximum Gasteiger partial charge on any atom is 0.307 e. The number of carbonyl (C=O) groups is 1. The number of oxazole rings is 1. The van der Waals surface area contributed by atoms with Crippen molar-refractivity contribution in [3.8, 4) is 11.3 Å². The number of hydrogen-bond acceptors (Lipinski definition) is 4. The third-order valence-electron chi connectivity index (χ3n) is 3.07. The highest BCUT2D eigenvalue weighted by Crippen LogP contribution is 2.24. The van der Waals surface area contributed by atoms with E-state index in [4.69, 9.17) is 9.52 Å². The zero-order valence-corrected chi connectivity index (χ0v) is 13.5. The summed E-state index contributed by atoms with van der Waals surface area (Å²) in [6.07, 6.45) is 1.69. The predicted molar refractivity (Wildman–Crippen MR) is 82.8 cm³/mol. The topological polar surface area (TPSA) is 66.6 Å². The van der Waals surface area contributed by atoms with E-state index in [-0.39, 0.29) is 0 Å². The maximum absolute atomic E-state index is 10.8. The minimum Gasteiger partial charge on any atom is -0.481 e. The Labute approximate surface area is 131 Å². The first-order chi connectivity index (χ1) is 9.95. The number of halogens is 1. The number of nitrogens with zero attached hydrogens (tertiary/aromatic N) is 2. The number of benzene rings is 1. The molecule has 1 aromatic heterocycles. The van der Waals surface area contributed by atoms with Crippen molar-refractivity contribution in [1.82, 2.24) is 9.88 Å². The molecule has 0 fully saturated rings. The molecule has 1 N–H and O–H groups in total. The predicted octanol–water partition coefficient (Wildman–Crippen LogP) is 3.26. The summed E-state index contributed by atoms with van der Waals surface area (Å²) in [5, 5.41) is 8.91. The van der Waals surface area contributed by atoms with Gasteiger partial charge in [0, 0.05) is 16.6 Å². The second kappa shape index (κ2) is 6.87. The first-order valence-electron chi connectivity index (χ1n) is 6.57. The van der Waals surface area contributed by atoms with E-state index in [1.54, 1.807) is 13.1 Å². The second-order valence-electron chi connectivity index (χ2n) is 5.06. The molecule has 1 atom stereocenters. The van der Waals surface area contributed by atoms with E-state index in [2.05, 4.69) is 20.9 Å². The molecule has 5 nitrogen and oxygen atoms in total.